The van der Waals surface area contributed by atoms with Crippen molar-refractivity contribution in [1.82, 2.24) is 35.0 Å². The number of anilines is 4. The third kappa shape index (κ3) is 6.94. The van der Waals surface area contributed by atoms with Gasteiger partial charge in [-0.15, -0.1) is 0 Å². The van der Waals surface area contributed by atoms with Gasteiger partial charge < -0.3 is 20.7 Å². The van der Waals surface area contributed by atoms with Crippen LogP contribution in [0.5, 0.6) is 0 Å². The number of esters is 1. The molecule has 4 aromatic heterocycles. The van der Waals surface area contributed by atoms with E-state index in [4.69, 9.17) is 4.74 Å². The van der Waals surface area contributed by atoms with Crippen molar-refractivity contribution >= 4 is 46.1 Å². The third-order valence-corrected chi connectivity index (χ3v) is 7.37. The molecule has 3 N–H and O–H groups in total. The topological polar surface area (TPSA) is 149 Å². The van der Waals surface area contributed by atoms with E-state index in [-0.39, 0.29) is 18.3 Å². The van der Waals surface area contributed by atoms with E-state index in [1.54, 1.807) is 48.6 Å². The molecule has 1 saturated carbocycles. The standard InChI is InChI=1S/C29H35N9O3/c1-18-24(13-21(15-32-18)28(40)31-10-9-19-7-5-4-6-8-19)35-26-23-17-33-29(36-27(23)38(2)37-26)34-22-11-20(14-30-16-22)12-25(39)41-3/h11,13-17,19H,4-10,12H2,1-3H3,(H,31,40)(H,35,37)(H,33,34,36). The van der Waals surface area contributed by atoms with Crippen molar-refractivity contribution in [3.05, 3.63) is 53.7 Å². The van der Waals surface area contributed by atoms with Crippen LogP contribution in [-0.4, -0.2) is 55.2 Å². The summed E-state index contributed by atoms with van der Waals surface area (Å²) < 4.78 is 6.38. The zero-order valence-electron chi connectivity index (χ0n) is 23.6. The van der Waals surface area contributed by atoms with E-state index in [2.05, 4.69) is 41.0 Å². The average Bonchev–Trinajstić information content (AvgIpc) is 3.28. The molecule has 214 valence electrons. The Morgan fingerprint density at radius 1 is 1.05 bits per heavy atom. The molecule has 12 heteroatoms. The molecular formula is C29H35N9O3. The molecule has 41 heavy (non-hydrogen) atoms. The smallest absolute Gasteiger partial charge is 0.310 e. The second-order valence-electron chi connectivity index (χ2n) is 10.4. The predicted octanol–water partition coefficient (Wildman–Crippen LogP) is 4.36. The molecule has 1 amide bonds. The highest BCUT2D eigenvalue weighted by molar-refractivity contribution is 5.96. The summed E-state index contributed by atoms with van der Waals surface area (Å²) in [5, 5.41) is 14.8. The zero-order chi connectivity index (χ0) is 28.8. The number of nitrogens with zero attached hydrogens (tertiary/aromatic N) is 6. The number of aromatic nitrogens is 6. The Morgan fingerprint density at radius 2 is 1.88 bits per heavy atom. The summed E-state index contributed by atoms with van der Waals surface area (Å²) in [5.41, 5.74) is 3.86. The first kappa shape index (κ1) is 27.9. The normalized spacial score (nSPS) is 13.6. The van der Waals surface area contributed by atoms with Crippen molar-refractivity contribution in [3.8, 4) is 0 Å². The van der Waals surface area contributed by atoms with Crippen LogP contribution in [0.15, 0.2) is 36.9 Å². The number of ether oxygens (including phenoxy) is 1. The summed E-state index contributed by atoms with van der Waals surface area (Å²) in [4.78, 5) is 42.1. The van der Waals surface area contributed by atoms with Crippen LogP contribution in [0.2, 0.25) is 0 Å². The van der Waals surface area contributed by atoms with Crippen molar-refractivity contribution in [2.24, 2.45) is 13.0 Å². The summed E-state index contributed by atoms with van der Waals surface area (Å²) >= 11 is 0. The van der Waals surface area contributed by atoms with Crippen LogP contribution >= 0.6 is 0 Å². The van der Waals surface area contributed by atoms with Crippen molar-refractivity contribution in [2.45, 2.75) is 51.9 Å². The fourth-order valence-electron chi connectivity index (χ4n) is 5.09. The van der Waals surface area contributed by atoms with Crippen molar-refractivity contribution in [1.29, 1.82) is 0 Å². The van der Waals surface area contributed by atoms with Gasteiger partial charge in [0.25, 0.3) is 5.91 Å². The first-order chi connectivity index (χ1) is 19.9. The van der Waals surface area contributed by atoms with Gasteiger partial charge in [0.15, 0.2) is 11.5 Å². The molecule has 0 radical (unpaired) electrons. The minimum atomic E-state index is -0.345. The number of carbonyl (C=O) groups excluding carboxylic acids is 2. The molecule has 0 bridgehead atoms. The number of carbonyl (C=O) groups is 2. The van der Waals surface area contributed by atoms with Gasteiger partial charge in [-0.3, -0.25) is 19.6 Å². The van der Waals surface area contributed by atoms with Crippen LogP contribution < -0.4 is 16.0 Å². The highest BCUT2D eigenvalue weighted by atomic mass is 16.5. The molecule has 1 aliphatic carbocycles. The zero-order valence-corrected chi connectivity index (χ0v) is 23.6. The van der Waals surface area contributed by atoms with Crippen LogP contribution in [0.3, 0.4) is 0 Å². The number of nitrogens with one attached hydrogen (secondary N) is 3. The number of methoxy groups -OCH3 is 1. The first-order valence-electron chi connectivity index (χ1n) is 13.9. The maximum Gasteiger partial charge on any atom is 0.310 e. The van der Waals surface area contributed by atoms with E-state index in [9.17, 15) is 9.59 Å². The van der Waals surface area contributed by atoms with Gasteiger partial charge in [-0.05, 0) is 37.0 Å². The van der Waals surface area contributed by atoms with E-state index in [0.717, 1.165) is 12.1 Å². The monoisotopic (exact) mass is 557 g/mol. The molecule has 4 heterocycles. The van der Waals surface area contributed by atoms with Crippen LogP contribution in [-0.2, 0) is 23.0 Å². The van der Waals surface area contributed by atoms with Crippen LogP contribution in [0.1, 0.15) is 60.1 Å². The lowest BCUT2D eigenvalue weighted by Gasteiger charge is -2.21. The van der Waals surface area contributed by atoms with Gasteiger partial charge >= 0.3 is 5.97 Å². The molecule has 1 fully saturated rings. The van der Waals surface area contributed by atoms with Gasteiger partial charge in [0.05, 0.1) is 47.7 Å². The number of amides is 1. The van der Waals surface area contributed by atoms with E-state index < -0.39 is 0 Å². The molecule has 1 aliphatic rings. The predicted molar refractivity (Wildman–Crippen MR) is 155 cm³/mol. The van der Waals surface area contributed by atoms with E-state index >= 15 is 0 Å². The number of rotatable bonds is 10. The maximum atomic E-state index is 12.8. The summed E-state index contributed by atoms with van der Waals surface area (Å²) in [6.45, 7) is 2.55. The molecule has 0 atom stereocenters. The summed E-state index contributed by atoms with van der Waals surface area (Å²) in [6.07, 6.45) is 14.1. The maximum absolute atomic E-state index is 12.8. The van der Waals surface area contributed by atoms with Gasteiger partial charge in [-0.2, -0.15) is 10.1 Å². The van der Waals surface area contributed by atoms with Crippen LogP contribution in [0.4, 0.5) is 23.1 Å². The highest BCUT2D eigenvalue weighted by Gasteiger charge is 2.17. The molecule has 0 aliphatic heterocycles. The first-order valence-corrected chi connectivity index (χ1v) is 13.9. The Bertz CT molecular complexity index is 1550. The third-order valence-electron chi connectivity index (χ3n) is 7.37. The largest absolute Gasteiger partial charge is 0.469 e. The Morgan fingerprint density at radius 3 is 2.68 bits per heavy atom. The lowest BCUT2D eigenvalue weighted by molar-refractivity contribution is -0.139. The average molecular weight is 558 g/mol. The Balaban J connectivity index is 1.27. The van der Waals surface area contributed by atoms with Crippen LogP contribution in [0.25, 0.3) is 11.0 Å². The van der Waals surface area contributed by atoms with Gasteiger partial charge in [-0.1, -0.05) is 32.1 Å². The van der Waals surface area contributed by atoms with E-state index in [1.165, 1.54) is 39.2 Å². The number of pyridine rings is 2. The second kappa shape index (κ2) is 12.7. The van der Waals surface area contributed by atoms with Crippen molar-refractivity contribution < 1.29 is 14.3 Å². The minimum Gasteiger partial charge on any atom is -0.469 e. The summed E-state index contributed by atoms with van der Waals surface area (Å²) in [5.74, 6) is 1.14. The lowest BCUT2D eigenvalue weighted by Crippen LogP contribution is -2.26. The lowest BCUT2D eigenvalue weighted by atomic mass is 9.87. The van der Waals surface area contributed by atoms with Crippen molar-refractivity contribution in [2.75, 3.05) is 24.3 Å². The second-order valence-corrected chi connectivity index (χ2v) is 10.4. The molecule has 5 rings (SSSR count). The van der Waals surface area contributed by atoms with Crippen LogP contribution in [0, 0.1) is 12.8 Å². The molecule has 0 aromatic carbocycles. The van der Waals surface area contributed by atoms with Crippen molar-refractivity contribution in [3.63, 3.8) is 0 Å². The number of fused-ring (bicyclic) bond motifs is 1. The Labute approximate surface area is 238 Å². The van der Waals surface area contributed by atoms with Gasteiger partial charge in [0.1, 0.15) is 0 Å². The Kier molecular flexibility index (Phi) is 8.66. The Hall–Kier alpha value is -4.61. The number of aryl methyl sites for hydroxylation is 2. The fraction of sp³-hybridized carbons (Fsp3) is 0.414. The van der Waals surface area contributed by atoms with E-state index in [1.807, 2.05) is 6.92 Å². The minimum absolute atomic E-state index is 0.118. The van der Waals surface area contributed by atoms with Gasteiger partial charge in [0, 0.05) is 32.2 Å². The van der Waals surface area contributed by atoms with Gasteiger partial charge in [-0.25, -0.2) is 9.67 Å². The number of hydrogen-bond donors (Lipinski definition) is 3. The van der Waals surface area contributed by atoms with E-state index in [0.29, 0.717) is 57.8 Å². The molecule has 4 aromatic rings. The fourth-order valence-corrected chi connectivity index (χ4v) is 5.09. The summed E-state index contributed by atoms with van der Waals surface area (Å²) in [6, 6.07) is 3.59. The molecule has 0 unspecified atom stereocenters. The molecule has 0 saturated heterocycles. The summed E-state index contributed by atoms with van der Waals surface area (Å²) in [7, 11) is 3.15. The SMILES string of the molecule is COC(=O)Cc1cncc(Nc2ncc3c(Nc4cc(C(=O)NCCC5CCCCC5)cnc4C)nn(C)c3n2)c1. The molecular weight excluding hydrogens is 522 g/mol. The number of hydrogen-bond acceptors (Lipinski definition) is 10. The molecule has 12 nitrogen and oxygen atoms in total. The quantitative estimate of drug-likeness (QED) is 0.240. The highest BCUT2D eigenvalue weighted by Crippen LogP contribution is 2.28. The van der Waals surface area contributed by atoms with Gasteiger partial charge in [0.2, 0.25) is 5.95 Å². The molecule has 0 spiro atoms.